The van der Waals surface area contributed by atoms with Crippen LogP contribution >= 0.6 is 27.5 Å². The van der Waals surface area contributed by atoms with E-state index in [0.717, 1.165) is 42.8 Å². The first-order chi connectivity index (χ1) is 13.5. The van der Waals surface area contributed by atoms with Crippen molar-refractivity contribution in [2.75, 3.05) is 33.3 Å². The molecule has 7 heteroatoms. The Bertz CT molecular complexity index is 772. The third-order valence-corrected chi connectivity index (χ3v) is 5.64. The molecule has 0 bridgehead atoms. The zero-order valence-electron chi connectivity index (χ0n) is 16.5. The summed E-state index contributed by atoms with van der Waals surface area (Å²) in [7, 11) is 1.61. The van der Waals surface area contributed by atoms with Crippen LogP contribution in [0.4, 0.5) is 4.39 Å². The van der Waals surface area contributed by atoms with Gasteiger partial charge in [-0.25, -0.2) is 4.39 Å². The predicted octanol–water partition coefficient (Wildman–Crippen LogP) is 5.26. The number of nitrogens with one attached hydrogen (secondary N) is 1. The maximum atomic E-state index is 13.2. The molecule has 0 atom stereocenters. The molecule has 28 heavy (non-hydrogen) atoms. The van der Waals surface area contributed by atoms with Crippen LogP contribution in [0.15, 0.2) is 34.8 Å². The largest absolute Gasteiger partial charge is 0.493 e. The molecule has 0 saturated heterocycles. The van der Waals surface area contributed by atoms with Crippen molar-refractivity contribution in [3.05, 3.63) is 56.8 Å². The Morgan fingerprint density at radius 2 is 1.86 bits per heavy atom. The second-order valence-corrected chi connectivity index (χ2v) is 7.58. The minimum Gasteiger partial charge on any atom is -0.493 e. The van der Waals surface area contributed by atoms with Gasteiger partial charge in [0.2, 0.25) is 0 Å². The Morgan fingerprint density at radius 3 is 2.50 bits per heavy atom. The van der Waals surface area contributed by atoms with Crippen molar-refractivity contribution in [1.82, 2.24) is 10.2 Å². The summed E-state index contributed by atoms with van der Waals surface area (Å²) in [6.45, 7) is 9.33. The lowest BCUT2D eigenvalue weighted by Gasteiger charge is -2.18. The maximum Gasteiger partial charge on any atom is 0.162 e. The third-order valence-electron chi connectivity index (χ3n) is 4.55. The van der Waals surface area contributed by atoms with Crippen molar-refractivity contribution in [1.29, 1.82) is 0 Å². The van der Waals surface area contributed by atoms with Crippen LogP contribution in [0.25, 0.3) is 0 Å². The Balaban J connectivity index is 2.00. The Labute approximate surface area is 180 Å². The fourth-order valence-corrected chi connectivity index (χ4v) is 3.46. The number of hydrogen-bond acceptors (Lipinski definition) is 4. The molecule has 0 aliphatic carbocycles. The van der Waals surface area contributed by atoms with E-state index in [1.165, 1.54) is 12.1 Å². The number of nitrogens with zero attached hydrogens (tertiary/aromatic N) is 1. The quantitative estimate of drug-likeness (QED) is 0.451. The van der Waals surface area contributed by atoms with E-state index in [9.17, 15) is 4.39 Å². The van der Waals surface area contributed by atoms with E-state index in [4.69, 9.17) is 21.1 Å². The molecule has 1 N–H and O–H groups in total. The highest BCUT2D eigenvalue weighted by atomic mass is 79.9. The summed E-state index contributed by atoms with van der Waals surface area (Å²) in [6.07, 6.45) is 0. The topological polar surface area (TPSA) is 33.7 Å². The first-order valence-corrected chi connectivity index (χ1v) is 10.5. The monoisotopic (exact) mass is 472 g/mol. The van der Waals surface area contributed by atoms with Gasteiger partial charge in [-0.2, -0.15) is 0 Å². The van der Waals surface area contributed by atoms with Gasteiger partial charge >= 0.3 is 0 Å². The van der Waals surface area contributed by atoms with Gasteiger partial charge in [0, 0.05) is 29.7 Å². The summed E-state index contributed by atoms with van der Waals surface area (Å²) in [5.74, 6) is 0.871. The van der Waals surface area contributed by atoms with Gasteiger partial charge in [0.25, 0.3) is 0 Å². The van der Waals surface area contributed by atoms with Crippen LogP contribution in [0, 0.1) is 5.82 Å². The second kappa shape index (κ2) is 11.6. The average molecular weight is 474 g/mol. The molecular weight excluding hydrogens is 447 g/mol. The van der Waals surface area contributed by atoms with Crippen LogP contribution in [0.5, 0.6) is 11.5 Å². The normalized spacial score (nSPS) is 11.1. The van der Waals surface area contributed by atoms with Gasteiger partial charge in [0.1, 0.15) is 12.4 Å². The van der Waals surface area contributed by atoms with E-state index >= 15 is 0 Å². The lowest BCUT2D eigenvalue weighted by atomic mass is 10.2. The second-order valence-electron chi connectivity index (χ2n) is 6.32. The zero-order chi connectivity index (χ0) is 20.5. The van der Waals surface area contributed by atoms with Crippen LogP contribution < -0.4 is 14.8 Å². The highest BCUT2D eigenvalue weighted by Crippen LogP contribution is 2.34. The van der Waals surface area contributed by atoms with Crippen LogP contribution in [-0.2, 0) is 13.2 Å². The van der Waals surface area contributed by atoms with Crippen molar-refractivity contribution in [2.45, 2.75) is 27.0 Å². The fraction of sp³-hybridized carbons (Fsp3) is 0.429. The number of rotatable bonds is 11. The molecule has 0 radical (unpaired) electrons. The third kappa shape index (κ3) is 6.62. The number of benzene rings is 2. The summed E-state index contributed by atoms with van der Waals surface area (Å²) in [5.41, 5.74) is 1.80. The lowest BCUT2D eigenvalue weighted by Crippen LogP contribution is -2.31. The SMILES string of the molecule is CCN(CC)CCNCc1cc(OC)c(OCc2ccc(F)cc2Cl)cc1Br. The lowest BCUT2D eigenvalue weighted by molar-refractivity contribution is 0.284. The summed E-state index contributed by atoms with van der Waals surface area (Å²) < 4.78 is 25.5. The van der Waals surface area contributed by atoms with E-state index in [2.05, 4.69) is 40.0 Å². The van der Waals surface area contributed by atoms with E-state index < -0.39 is 0 Å². The molecule has 0 aliphatic rings. The molecular formula is C21H27BrClFN2O2. The van der Waals surface area contributed by atoms with Crippen molar-refractivity contribution in [3.8, 4) is 11.5 Å². The van der Waals surface area contributed by atoms with Crippen LogP contribution in [0.2, 0.25) is 5.02 Å². The number of ether oxygens (including phenoxy) is 2. The average Bonchev–Trinajstić information content (AvgIpc) is 2.68. The molecule has 2 aromatic carbocycles. The Hall–Kier alpha value is -1.34. The molecule has 0 saturated carbocycles. The van der Waals surface area contributed by atoms with Crippen molar-refractivity contribution >= 4 is 27.5 Å². The fourth-order valence-electron chi connectivity index (χ4n) is 2.78. The molecule has 2 rings (SSSR count). The molecule has 2 aromatic rings. The highest BCUT2D eigenvalue weighted by molar-refractivity contribution is 9.10. The van der Waals surface area contributed by atoms with Gasteiger partial charge in [-0.05, 0) is 42.9 Å². The summed E-state index contributed by atoms with van der Waals surface area (Å²) in [6, 6.07) is 8.10. The molecule has 0 amide bonds. The van der Waals surface area contributed by atoms with Crippen molar-refractivity contribution in [3.63, 3.8) is 0 Å². The molecule has 0 spiro atoms. The van der Waals surface area contributed by atoms with Gasteiger partial charge in [0.05, 0.1) is 12.1 Å². The minimum absolute atomic E-state index is 0.226. The molecule has 4 nitrogen and oxygen atoms in total. The smallest absolute Gasteiger partial charge is 0.162 e. The van der Waals surface area contributed by atoms with Crippen LogP contribution in [0.3, 0.4) is 0 Å². The highest BCUT2D eigenvalue weighted by Gasteiger charge is 2.12. The van der Waals surface area contributed by atoms with E-state index in [1.54, 1.807) is 13.2 Å². The Kier molecular flexibility index (Phi) is 9.51. The van der Waals surface area contributed by atoms with Crippen molar-refractivity contribution < 1.29 is 13.9 Å². The number of halogens is 3. The molecule has 0 aromatic heterocycles. The zero-order valence-corrected chi connectivity index (χ0v) is 18.9. The van der Waals surface area contributed by atoms with Gasteiger partial charge in [-0.1, -0.05) is 47.4 Å². The van der Waals surface area contributed by atoms with Crippen LogP contribution in [0.1, 0.15) is 25.0 Å². The van der Waals surface area contributed by atoms with E-state index in [-0.39, 0.29) is 12.4 Å². The van der Waals surface area contributed by atoms with Gasteiger partial charge < -0.3 is 19.7 Å². The predicted molar refractivity (Wildman–Crippen MR) is 116 cm³/mol. The van der Waals surface area contributed by atoms with Gasteiger partial charge in [-0.3, -0.25) is 0 Å². The number of hydrogen-bond donors (Lipinski definition) is 1. The first kappa shape index (κ1) is 22.9. The summed E-state index contributed by atoms with van der Waals surface area (Å²) in [4.78, 5) is 2.38. The minimum atomic E-state index is -0.369. The molecule has 0 aliphatic heterocycles. The standard InChI is InChI=1S/C21H27BrClFN2O2/c1-4-26(5-2)9-8-25-13-16-10-20(27-3)21(12-18(16)22)28-14-15-6-7-17(24)11-19(15)23/h6-7,10-12,25H,4-5,8-9,13-14H2,1-3H3. The van der Waals surface area contributed by atoms with Crippen molar-refractivity contribution in [2.24, 2.45) is 0 Å². The molecule has 0 fully saturated rings. The number of likely N-dealkylation sites (N-methyl/N-ethyl adjacent to an activating group) is 1. The molecule has 0 unspecified atom stereocenters. The van der Waals surface area contributed by atoms with E-state index in [1.807, 2.05) is 12.1 Å². The number of methoxy groups -OCH3 is 1. The van der Waals surface area contributed by atoms with Gasteiger partial charge in [-0.15, -0.1) is 0 Å². The molecule has 154 valence electrons. The molecule has 0 heterocycles. The first-order valence-electron chi connectivity index (χ1n) is 9.34. The van der Waals surface area contributed by atoms with Crippen LogP contribution in [-0.4, -0.2) is 38.2 Å². The van der Waals surface area contributed by atoms with Gasteiger partial charge in [0.15, 0.2) is 11.5 Å². The van der Waals surface area contributed by atoms with E-state index in [0.29, 0.717) is 22.1 Å². The Morgan fingerprint density at radius 1 is 1.11 bits per heavy atom. The summed E-state index contributed by atoms with van der Waals surface area (Å²) in [5, 5.41) is 3.80. The maximum absolute atomic E-state index is 13.2. The summed E-state index contributed by atoms with van der Waals surface area (Å²) >= 11 is 9.68.